The molecule has 0 aliphatic heterocycles. The normalized spacial score (nSPS) is 18.7. The average molecular weight is 391 g/mol. The molecule has 1 aliphatic carbocycles. The van der Waals surface area contributed by atoms with E-state index in [0.717, 1.165) is 37.8 Å². The Kier molecular flexibility index (Phi) is 6.36. The molecule has 2 aromatic carbocycles. The van der Waals surface area contributed by atoms with E-state index in [4.69, 9.17) is 4.52 Å². The minimum absolute atomic E-state index is 0.00771. The number of rotatable bonds is 6. The lowest BCUT2D eigenvalue weighted by Crippen LogP contribution is -2.23. The van der Waals surface area contributed by atoms with Crippen molar-refractivity contribution in [2.45, 2.75) is 44.1 Å². The SMILES string of the molecule is CN(C)c1ccc([P@@](=O)(OC2CCCCC2)[C@@H](O)c2ccccc2F)cc1. The van der Waals surface area contributed by atoms with Crippen LogP contribution in [-0.4, -0.2) is 25.3 Å². The van der Waals surface area contributed by atoms with E-state index in [-0.39, 0.29) is 11.7 Å². The highest BCUT2D eigenvalue weighted by molar-refractivity contribution is 7.67. The van der Waals surface area contributed by atoms with E-state index < -0.39 is 19.0 Å². The molecule has 3 rings (SSSR count). The Hall–Kier alpha value is -1.68. The summed E-state index contributed by atoms with van der Waals surface area (Å²) >= 11 is 0. The summed E-state index contributed by atoms with van der Waals surface area (Å²) in [4.78, 5) is 1.93. The highest BCUT2D eigenvalue weighted by Gasteiger charge is 2.40. The predicted molar refractivity (Wildman–Crippen MR) is 107 cm³/mol. The Morgan fingerprint density at radius 3 is 2.30 bits per heavy atom. The third kappa shape index (κ3) is 4.43. The first-order valence-corrected chi connectivity index (χ1v) is 11.1. The Labute approximate surface area is 160 Å². The Bertz CT molecular complexity index is 803. The first kappa shape index (κ1) is 20.1. The van der Waals surface area contributed by atoms with Crippen molar-refractivity contribution < 1.29 is 18.6 Å². The van der Waals surface area contributed by atoms with Gasteiger partial charge < -0.3 is 14.5 Å². The van der Waals surface area contributed by atoms with Gasteiger partial charge in [-0.2, -0.15) is 0 Å². The van der Waals surface area contributed by atoms with Crippen LogP contribution in [0.15, 0.2) is 48.5 Å². The third-order valence-corrected chi connectivity index (χ3v) is 7.64. The molecule has 4 nitrogen and oxygen atoms in total. The Morgan fingerprint density at radius 1 is 1.07 bits per heavy atom. The minimum Gasteiger partial charge on any atom is -0.378 e. The number of aliphatic hydroxyl groups excluding tert-OH is 1. The summed E-state index contributed by atoms with van der Waals surface area (Å²) in [6, 6.07) is 13.0. The van der Waals surface area contributed by atoms with Gasteiger partial charge in [0.2, 0.25) is 0 Å². The molecule has 0 bridgehead atoms. The van der Waals surface area contributed by atoms with E-state index in [1.54, 1.807) is 24.3 Å². The van der Waals surface area contributed by atoms with Crippen molar-refractivity contribution in [1.82, 2.24) is 0 Å². The van der Waals surface area contributed by atoms with E-state index >= 15 is 0 Å². The zero-order valence-corrected chi connectivity index (χ0v) is 16.7. The van der Waals surface area contributed by atoms with Gasteiger partial charge in [-0.15, -0.1) is 0 Å². The lowest BCUT2D eigenvalue weighted by atomic mass is 9.98. The number of nitrogens with zero attached hydrogens (tertiary/aromatic N) is 1. The third-order valence-electron chi connectivity index (χ3n) is 5.09. The molecule has 27 heavy (non-hydrogen) atoms. The van der Waals surface area contributed by atoms with Gasteiger partial charge in [0.1, 0.15) is 5.82 Å². The molecular formula is C21H27FNO3P. The van der Waals surface area contributed by atoms with Crippen LogP contribution in [0.4, 0.5) is 10.1 Å². The van der Waals surface area contributed by atoms with Crippen molar-refractivity contribution >= 4 is 18.4 Å². The van der Waals surface area contributed by atoms with Crippen LogP contribution in [0.2, 0.25) is 0 Å². The summed E-state index contributed by atoms with van der Waals surface area (Å²) in [5, 5.41) is 11.4. The molecule has 146 valence electrons. The first-order valence-electron chi connectivity index (χ1n) is 9.40. The van der Waals surface area contributed by atoms with Crippen molar-refractivity contribution in [2.75, 3.05) is 19.0 Å². The number of hydrogen-bond donors (Lipinski definition) is 1. The molecule has 0 aromatic heterocycles. The smallest absolute Gasteiger partial charge is 0.264 e. The van der Waals surface area contributed by atoms with Gasteiger partial charge in [-0.25, -0.2) is 4.39 Å². The minimum atomic E-state index is -3.73. The molecular weight excluding hydrogens is 364 g/mol. The van der Waals surface area contributed by atoms with E-state index in [2.05, 4.69) is 0 Å². The van der Waals surface area contributed by atoms with Gasteiger partial charge in [0.25, 0.3) is 7.37 Å². The van der Waals surface area contributed by atoms with E-state index in [1.165, 1.54) is 12.1 Å². The van der Waals surface area contributed by atoms with Crippen LogP contribution in [0.1, 0.15) is 43.5 Å². The van der Waals surface area contributed by atoms with Crippen molar-refractivity contribution in [3.05, 3.63) is 59.9 Å². The number of halogens is 1. The number of anilines is 1. The second-order valence-corrected chi connectivity index (χ2v) is 9.68. The van der Waals surface area contributed by atoms with Gasteiger partial charge in [-0.3, -0.25) is 4.57 Å². The standard InChI is InChI=1S/C21H27FNO3P/c1-23(2)16-12-14-18(15-13-16)27(25,26-17-8-4-3-5-9-17)21(24)19-10-6-7-11-20(19)22/h6-7,10-15,17,21,24H,3-5,8-9H2,1-2H3/t21-,27-/m1/s1. The maximum Gasteiger partial charge on any atom is 0.264 e. The van der Waals surface area contributed by atoms with Crippen LogP contribution in [0.5, 0.6) is 0 Å². The zero-order chi connectivity index (χ0) is 19.4. The fraction of sp³-hybridized carbons (Fsp3) is 0.429. The molecule has 2 atom stereocenters. The monoisotopic (exact) mass is 391 g/mol. The molecule has 0 spiro atoms. The van der Waals surface area contributed by atoms with Crippen LogP contribution < -0.4 is 10.2 Å². The van der Waals surface area contributed by atoms with Crippen molar-refractivity contribution in [2.24, 2.45) is 0 Å². The van der Waals surface area contributed by atoms with Crippen LogP contribution in [-0.2, 0) is 9.09 Å². The molecule has 1 aliphatic rings. The van der Waals surface area contributed by atoms with Gasteiger partial charge >= 0.3 is 0 Å². The molecule has 1 N–H and O–H groups in total. The Morgan fingerprint density at radius 2 is 1.70 bits per heavy atom. The quantitative estimate of drug-likeness (QED) is 0.716. The number of benzene rings is 2. The maximum absolute atomic E-state index is 14.3. The van der Waals surface area contributed by atoms with Crippen LogP contribution in [0, 0.1) is 5.82 Å². The van der Waals surface area contributed by atoms with E-state index in [1.807, 2.05) is 31.1 Å². The molecule has 1 saturated carbocycles. The van der Waals surface area contributed by atoms with E-state index in [0.29, 0.717) is 5.30 Å². The summed E-state index contributed by atoms with van der Waals surface area (Å²) in [5.41, 5.74) is 0.955. The molecule has 1 fully saturated rings. The second-order valence-electron chi connectivity index (χ2n) is 7.27. The van der Waals surface area contributed by atoms with Crippen LogP contribution in [0.3, 0.4) is 0 Å². The lowest BCUT2D eigenvalue weighted by molar-refractivity contribution is 0.136. The van der Waals surface area contributed by atoms with Gasteiger partial charge in [0.15, 0.2) is 5.85 Å². The first-order chi connectivity index (χ1) is 12.9. The second kappa shape index (κ2) is 8.55. The van der Waals surface area contributed by atoms with Crippen molar-refractivity contribution in [3.63, 3.8) is 0 Å². The molecule has 0 heterocycles. The van der Waals surface area contributed by atoms with Gasteiger partial charge in [-0.1, -0.05) is 37.5 Å². The highest BCUT2D eigenvalue weighted by atomic mass is 31.2. The average Bonchev–Trinajstić information content (AvgIpc) is 2.68. The van der Waals surface area contributed by atoms with Gasteiger partial charge in [-0.05, 0) is 43.2 Å². The maximum atomic E-state index is 14.3. The molecule has 6 heteroatoms. The van der Waals surface area contributed by atoms with E-state index in [9.17, 15) is 14.1 Å². The summed E-state index contributed by atoms with van der Waals surface area (Å²) in [5.74, 6) is -2.12. The summed E-state index contributed by atoms with van der Waals surface area (Å²) in [6.07, 6.45) is 4.60. The largest absolute Gasteiger partial charge is 0.378 e. The number of aliphatic hydroxyl groups is 1. The summed E-state index contributed by atoms with van der Waals surface area (Å²) in [6.45, 7) is 0. The number of hydrogen-bond acceptors (Lipinski definition) is 4. The molecule has 0 saturated heterocycles. The highest BCUT2D eigenvalue weighted by Crippen LogP contribution is 2.59. The van der Waals surface area contributed by atoms with Crippen LogP contribution >= 0.6 is 7.37 Å². The molecule has 0 amide bonds. The van der Waals surface area contributed by atoms with Crippen molar-refractivity contribution in [3.8, 4) is 0 Å². The predicted octanol–water partition coefficient (Wildman–Crippen LogP) is 4.84. The lowest BCUT2D eigenvalue weighted by Gasteiger charge is -2.31. The topological polar surface area (TPSA) is 49.8 Å². The van der Waals surface area contributed by atoms with Gasteiger partial charge in [0.05, 0.1) is 6.10 Å². The van der Waals surface area contributed by atoms with Gasteiger partial charge in [0, 0.05) is 30.7 Å². The molecule has 0 unspecified atom stereocenters. The van der Waals surface area contributed by atoms with Crippen LogP contribution in [0.25, 0.3) is 0 Å². The summed E-state index contributed by atoms with van der Waals surface area (Å²) < 4.78 is 34.3. The Balaban J connectivity index is 1.99. The molecule has 0 radical (unpaired) electrons. The van der Waals surface area contributed by atoms with Crippen molar-refractivity contribution in [1.29, 1.82) is 0 Å². The fourth-order valence-corrected chi connectivity index (χ4v) is 5.79. The zero-order valence-electron chi connectivity index (χ0n) is 15.8. The fourth-order valence-electron chi connectivity index (χ4n) is 3.48. The summed E-state index contributed by atoms with van der Waals surface area (Å²) in [7, 11) is 0.103. The molecule has 2 aromatic rings.